The summed E-state index contributed by atoms with van der Waals surface area (Å²) >= 11 is 0. The second-order valence-electron chi connectivity index (χ2n) is 9.88. The Hall–Kier alpha value is -2.96. The fraction of sp³-hybridized carbons (Fsp3) is 0.500. The summed E-state index contributed by atoms with van der Waals surface area (Å²) in [5.74, 6) is -1.19. The Balaban J connectivity index is 2.19. The minimum Gasteiger partial charge on any atom is -0.449 e. The number of rotatable bonds is 5. The minimum absolute atomic E-state index is 0.00155. The van der Waals surface area contributed by atoms with Crippen LogP contribution < -0.4 is 10.6 Å². The number of alkyl halides is 9. The molecule has 13 heteroatoms. The second-order valence-corrected chi connectivity index (χ2v) is 9.88. The van der Waals surface area contributed by atoms with Gasteiger partial charge in [0.15, 0.2) is 0 Å². The van der Waals surface area contributed by atoms with Gasteiger partial charge in [0.2, 0.25) is 0 Å². The number of nitrogens with zero attached hydrogens (tertiary/aromatic N) is 1. The lowest BCUT2D eigenvalue weighted by Gasteiger charge is -2.42. The van der Waals surface area contributed by atoms with Gasteiger partial charge in [-0.15, -0.1) is 0 Å². The van der Waals surface area contributed by atoms with E-state index in [2.05, 4.69) is 0 Å². The van der Waals surface area contributed by atoms with Gasteiger partial charge < -0.3 is 10.5 Å². The van der Waals surface area contributed by atoms with Crippen molar-refractivity contribution in [1.29, 1.82) is 0 Å². The summed E-state index contributed by atoms with van der Waals surface area (Å²) in [6, 6.07) is 1.16. The van der Waals surface area contributed by atoms with Gasteiger partial charge in [0.05, 0.1) is 29.0 Å². The lowest BCUT2D eigenvalue weighted by molar-refractivity contribution is -0.143. The molecule has 2 aromatic carbocycles. The molecule has 3 rings (SSSR count). The van der Waals surface area contributed by atoms with Crippen LogP contribution in [0.15, 0.2) is 36.4 Å². The van der Waals surface area contributed by atoms with Gasteiger partial charge in [-0.2, -0.15) is 39.5 Å². The zero-order chi connectivity index (χ0) is 29.5. The Morgan fingerprint density at radius 2 is 1.46 bits per heavy atom. The molecule has 0 saturated heterocycles. The zero-order valence-corrected chi connectivity index (χ0v) is 21.1. The summed E-state index contributed by atoms with van der Waals surface area (Å²) in [6.07, 6.45) is -15.8. The molecule has 2 N–H and O–H groups in total. The SMILES string of the molecule is CCC1CC(C(N)c2cc(C(F)(F)F)cc(C(F)(F)F)c2)c2cc(C(F)(F)F)ccc2N1C(=O)OCC(C)C. The first-order valence-electron chi connectivity index (χ1n) is 12.1. The van der Waals surface area contributed by atoms with Gasteiger partial charge in [-0.3, -0.25) is 4.90 Å². The normalized spacial score (nSPS) is 19.2. The fourth-order valence-electron chi connectivity index (χ4n) is 4.62. The third-order valence-corrected chi connectivity index (χ3v) is 6.54. The first kappa shape index (κ1) is 30.6. The lowest BCUT2D eigenvalue weighted by atomic mass is 9.77. The molecular formula is C26H27F9N2O2. The summed E-state index contributed by atoms with van der Waals surface area (Å²) in [7, 11) is 0. The van der Waals surface area contributed by atoms with Crippen LogP contribution in [0.1, 0.15) is 73.4 Å². The molecule has 0 saturated carbocycles. The number of anilines is 1. The Kier molecular flexibility index (Phi) is 8.54. The van der Waals surface area contributed by atoms with Crippen molar-refractivity contribution in [3.05, 3.63) is 64.2 Å². The molecule has 0 fully saturated rings. The van der Waals surface area contributed by atoms with Crippen LogP contribution in [0.3, 0.4) is 0 Å². The highest BCUT2D eigenvalue weighted by Crippen LogP contribution is 2.48. The first-order chi connectivity index (χ1) is 17.8. The standard InChI is InChI=1S/C26H27F9N2O2/c1-4-18-11-20(22(36)14-7-16(25(30,31)32)9-17(8-14)26(33,34)35)19-10-15(24(27,28)29)5-6-21(19)37(18)23(38)39-12-13(2)3/h5-10,13,18,20,22H,4,11-12,36H2,1-3H3. The Labute approximate surface area is 218 Å². The number of nitrogens with two attached hydrogens (primary N) is 1. The molecule has 1 heterocycles. The van der Waals surface area contributed by atoms with Crippen LogP contribution in [0.2, 0.25) is 0 Å². The summed E-state index contributed by atoms with van der Waals surface area (Å²) in [6.45, 7) is 5.26. The smallest absolute Gasteiger partial charge is 0.416 e. The highest BCUT2D eigenvalue weighted by atomic mass is 19.4. The van der Waals surface area contributed by atoms with Crippen molar-refractivity contribution in [2.24, 2.45) is 11.7 Å². The largest absolute Gasteiger partial charge is 0.449 e. The topological polar surface area (TPSA) is 55.6 Å². The number of ether oxygens (including phenoxy) is 1. The molecule has 216 valence electrons. The van der Waals surface area contributed by atoms with Crippen LogP contribution in [0.25, 0.3) is 0 Å². The van der Waals surface area contributed by atoms with Crippen molar-refractivity contribution >= 4 is 11.8 Å². The van der Waals surface area contributed by atoms with Gasteiger partial charge in [0, 0.05) is 18.0 Å². The second kappa shape index (κ2) is 10.9. The van der Waals surface area contributed by atoms with E-state index in [1.54, 1.807) is 20.8 Å². The zero-order valence-electron chi connectivity index (χ0n) is 21.1. The number of carbonyl (C=O) groups is 1. The molecule has 0 spiro atoms. The molecule has 0 bridgehead atoms. The number of amides is 1. The monoisotopic (exact) mass is 570 g/mol. The van der Waals surface area contributed by atoms with E-state index in [0.717, 1.165) is 18.2 Å². The summed E-state index contributed by atoms with van der Waals surface area (Å²) < 4.78 is 127. The Morgan fingerprint density at radius 3 is 1.92 bits per heavy atom. The van der Waals surface area contributed by atoms with E-state index >= 15 is 0 Å². The van der Waals surface area contributed by atoms with Crippen LogP contribution in [0.5, 0.6) is 0 Å². The third kappa shape index (κ3) is 6.79. The predicted molar refractivity (Wildman–Crippen MR) is 125 cm³/mol. The van der Waals surface area contributed by atoms with Gasteiger partial charge >= 0.3 is 24.6 Å². The molecule has 0 aliphatic carbocycles. The molecule has 4 nitrogen and oxygen atoms in total. The number of hydrogen-bond acceptors (Lipinski definition) is 3. The molecule has 3 unspecified atom stereocenters. The molecule has 0 radical (unpaired) electrons. The van der Waals surface area contributed by atoms with E-state index < -0.39 is 64.9 Å². The van der Waals surface area contributed by atoms with E-state index in [0.29, 0.717) is 12.1 Å². The maximum absolute atomic E-state index is 13.6. The highest BCUT2D eigenvalue weighted by Gasteiger charge is 2.43. The van der Waals surface area contributed by atoms with Crippen molar-refractivity contribution in [2.75, 3.05) is 11.5 Å². The van der Waals surface area contributed by atoms with E-state index in [1.165, 1.54) is 4.90 Å². The van der Waals surface area contributed by atoms with E-state index in [4.69, 9.17) is 10.5 Å². The van der Waals surface area contributed by atoms with E-state index in [9.17, 15) is 44.3 Å². The van der Waals surface area contributed by atoms with Crippen LogP contribution in [-0.4, -0.2) is 18.7 Å². The molecule has 0 aromatic heterocycles. The third-order valence-electron chi connectivity index (χ3n) is 6.54. The predicted octanol–water partition coefficient (Wildman–Crippen LogP) is 8.31. The minimum atomic E-state index is -5.13. The van der Waals surface area contributed by atoms with Crippen molar-refractivity contribution < 1.29 is 49.0 Å². The van der Waals surface area contributed by atoms with Crippen LogP contribution in [0.4, 0.5) is 50.0 Å². The molecule has 1 aliphatic rings. The molecule has 39 heavy (non-hydrogen) atoms. The van der Waals surface area contributed by atoms with E-state index in [1.807, 2.05) is 0 Å². The van der Waals surface area contributed by atoms with Crippen molar-refractivity contribution in [3.63, 3.8) is 0 Å². The van der Waals surface area contributed by atoms with Gasteiger partial charge in [-0.05, 0) is 66.3 Å². The number of hydrogen-bond donors (Lipinski definition) is 1. The van der Waals surface area contributed by atoms with Crippen LogP contribution in [-0.2, 0) is 23.3 Å². The average molecular weight is 570 g/mol. The molecule has 3 atom stereocenters. The van der Waals surface area contributed by atoms with Gasteiger partial charge in [-0.25, -0.2) is 4.79 Å². The molecule has 1 amide bonds. The molecular weight excluding hydrogens is 543 g/mol. The molecule has 1 aliphatic heterocycles. The molecule has 2 aromatic rings. The quantitative estimate of drug-likeness (QED) is 0.368. The van der Waals surface area contributed by atoms with Crippen LogP contribution in [0, 0.1) is 5.92 Å². The van der Waals surface area contributed by atoms with Crippen molar-refractivity contribution in [2.45, 2.75) is 70.1 Å². The average Bonchev–Trinajstić information content (AvgIpc) is 2.83. The number of benzene rings is 2. The Morgan fingerprint density at radius 1 is 0.923 bits per heavy atom. The number of halogens is 9. The van der Waals surface area contributed by atoms with E-state index in [-0.39, 0.29) is 42.7 Å². The van der Waals surface area contributed by atoms with Gasteiger partial charge in [0.25, 0.3) is 0 Å². The van der Waals surface area contributed by atoms with Gasteiger partial charge in [0.1, 0.15) is 0 Å². The lowest BCUT2D eigenvalue weighted by Crippen LogP contribution is -2.46. The number of carbonyl (C=O) groups excluding carboxylic acids is 1. The maximum Gasteiger partial charge on any atom is 0.416 e. The first-order valence-corrected chi connectivity index (χ1v) is 12.1. The number of fused-ring (bicyclic) bond motifs is 1. The fourth-order valence-corrected chi connectivity index (χ4v) is 4.62. The van der Waals surface area contributed by atoms with Crippen molar-refractivity contribution in [3.8, 4) is 0 Å². The van der Waals surface area contributed by atoms with Crippen LogP contribution >= 0.6 is 0 Å². The van der Waals surface area contributed by atoms with Crippen molar-refractivity contribution in [1.82, 2.24) is 0 Å². The maximum atomic E-state index is 13.6. The van der Waals surface area contributed by atoms with Gasteiger partial charge in [-0.1, -0.05) is 20.8 Å². The summed E-state index contributed by atoms with van der Waals surface area (Å²) in [5, 5.41) is 0. The Bertz CT molecular complexity index is 1160. The summed E-state index contributed by atoms with van der Waals surface area (Å²) in [4.78, 5) is 14.1. The highest BCUT2D eigenvalue weighted by molar-refractivity contribution is 5.90. The summed E-state index contributed by atoms with van der Waals surface area (Å²) in [5.41, 5.74) is 1.29.